The number of ether oxygens (including phenoxy) is 4. The fourth-order valence-electron chi connectivity index (χ4n) is 3.53. The highest BCUT2D eigenvalue weighted by Gasteiger charge is 2.56. The van der Waals surface area contributed by atoms with Gasteiger partial charge < -0.3 is 29.8 Å². The number of esters is 1. The van der Waals surface area contributed by atoms with Gasteiger partial charge >= 0.3 is 11.9 Å². The van der Waals surface area contributed by atoms with Gasteiger partial charge in [-0.05, 0) is 13.8 Å². The predicted molar refractivity (Wildman–Crippen MR) is 95.3 cm³/mol. The third kappa shape index (κ3) is 3.73. The quantitative estimate of drug-likeness (QED) is 0.631. The minimum absolute atomic E-state index is 0.0979. The van der Waals surface area contributed by atoms with Gasteiger partial charge in [0.25, 0.3) is 0 Å². The van der Waals surface area contributed by atoms with E-state index in [0.29, 0.717) is 11.2 Å². The minimum Gasteiger partial charge on any atom is -0.481 e. The van der Waals surface area contributed by atoms with Crippen LogP contribution >= 0.6 is 0 Å². The van der Waals surface area contributed by atoms with Crippen LogP contribution in [0, 0.1) is 0 Å². The van der Waals surface area contributed by atoms with Crippen LogP contribution in [-0.2, 0) is 28.5 Å². The highest BCUT2D eigenvalue weighted by Crippen LogP contribution is 2.43. The number of nitrogens with two attached hydrogens (primary N) is 1. The number of carbonyl (C=O) groups is 2. The van der Waals surface area contributed by atoms with Crippen LogP contribution in [0.25, 0.3) is 11.2 Å². The Labute approximate surface area is 164 Å². The number of imidazole rings is 1. The summed E-state index contributed by atoms with van der Waals surface area (Å²) in [4.78, 5) is 34.8. The molecule has 2 aromatic heterocycles. The third-order valence-electron chi connectivity index (χ3n) is 4.74. The van der Waals surface area contributed by atoms with Crippen molar-refractivity contribution in [3.05, 3.63) is 12.7 Å². The van der Waals surface area contributed by atoms with Gasteiger partial charge in [0, 0.05) is 0 Å². The van der Waals surface area contributed by atoms with Crippen LogP contribution in [0.4, 0.5) is 5.82 Å². The lowest BCUT2D eigenvalue weighted by molar-refractivity contribution is -0.202. The van der Waals surface area contributed by atoms with E-state index in [0.717, 1.165) is 0 Å². The number of nitrogen functional groups attached to an aromatic ring is 1. The number of aromatic nitrogens is 4. The van der Waals surface area contributed by atoms with E-state index >= 15 is 0 Å². The van der Waals surface area contributed by atoms with E-state index in [1.807, 2.05) is 0 Å². The van der Waals surface area contributed by atoms with E-state index in [2.05, 4.69) is 15.0 Å². The first kappa shape index (κ1) is 19.5. The molecule has 0 aromatic carbocycles. The summed E-state index contributed by atoms with van der Waals surface area (Å²) in [5.74, 6) is -2.30. The van der Waals surface area contributed by atoms with E-state index in [-0.39, 0.29) is 25.3 Å². The molecule has 2 saturated heterocycles. The molecule has 3 N–H and O–H groups in total. The second kappa shape index (κ2) is 7.21. The SMILES string of the molecule is CC1(C)O[C@@H]2[C@H](O1)[C@@H](COC(=O)CCC(=O)O)O[C@H]2n1cnc2c(N)ncnc21. The molecule has 0 amide bonds. The summed E-state index contributed by atoms with van der Waals surface area (Å²) in [6.07, 6.45) is 0.104. The zero-order valence-corrected chi connectivity index (χ0v) is 15.8. The van der Waals surface area contributed by atoms with Crippen LogP contribution in [0.15, 0.2) is 12.7 Å². The number of rotatable bonds is 6. The number of fused-ring (bicyclic) bond motifs is 2. The monoisotopic (exact) mass is 407 g/mol. The maximum atomic E-state index is 11.8. The lowest BCUT2D eigenvalue weighted by Gasteiger charge is -2.24. The van der Waals surface area contributed by atoms with Gasteiger partial charge in [-0.1, -0.05) is 0 Å². The molecule has 0 aliphatic carbocycles. The Morgan fingerprint density at radius 1 is 1.24 bits per heavy atom. The van der Waals surface area contributed by atoms with Gasteiger partial charge in [-0.2, -0.15) is 0 Å². The van der Waals surface area contributed by atoms with Gasteiger partial charge in [-0.25, -0.2) is 15.0 Å². The number of hydrogen-bond donors (Lipinski definition) is 2. The van der Waals surface area contributed by atoms with Crippen molar-refractivity contribution in [3.63, 3.8) is 0 Å². The first-order chi connectivity index (χ1) is 13.7. The number of carboxylic acids is 1. The fraction of sp³-hybridized carbons (Fsp3) is 0.588. The Hall–Kier alpha value is -2.83. The Balaban J connectivity index is 1.54. The lowest BCUT2D eigenvalue weighted by atomic mass is 10.1. The number of aliphatic carboxylic acids is 1. The van der Waals surface area contributed by atoms with Crippen molar-refractivity contribution in [2.24, 2.45) is 0 Å². The van der Waals surface area contributed by atoms with Gasteiger partial charge in [0.2, 0.25) is 0 Å². The molecular formula is C17H21N5O7. The molecule has 2 aliphatic rings. The number of carbonyl (C=O) groups excluding carboxylic acids is 1. The molecule has 4 rings (SSSR count). The predicted octanol–water partition coefficient (Wildman–Crippen LogP) is 0.234. The topological polar surface area (TPSA) is 161 Å². The standard InChI is InChI=1S/C17H21N5O7/c1-17(2)28-12-8(5-26-10(25)4-3-9(23)24)27-16(13(12)29-17)22-7-21-11-14(18)19-6-20-15(11)22/h6-8,12-13,16H,3-5H2,1-2H3,(H,23,24)(H2,18,19,20)/t8-,12-,13-,16-/m1/s1. The summed E-state index contributed by atoms with van der Waals surface area (Å²) in [7, 11) is 0. The third-order valence-corrected chi connectivity index (χ3v) is 4.74. The van der Waals surface area contributed by atoms with Gasteiger partial charge in [0.05, 0.1) is 19.2 Å². The molecular weight excluding hydrogens is 386 g/mol. The van der Waals surface area contributed by atoms with Gasteiger partial charge in [-0.3, -0.25) is 14.2 Å². The van der Waals surface area contributed by atoms with Crippen LogP contribution in [0.3, 0.4) is 0 Å². The fourth-order valence-corrected chi connectivity index (χ4v) is 3.53. The largest absolute Gasteiger partial charge is 0.481 e. The molecule has 156 valence electrons. The van der Waals surface area contributed by atoms with Gasteiger partial charge in [0.1, 0.15) is 36.8 Å². The first-order valence-corrected chi connectivity index (χ1v) is 9.07. The van der Waals surface area contributed by atoms with Crippen molar-refractivity contribution in [2.45, 2.75) is 57.0 Å². The van der Waals surface area contributed by atoms with Crippen molar-refractivity contribution in [2.75, 3.05) is 12.3 Å². The van der Waals surface area contributed by atoms with Crippen LogP contribution in [0.5, 0.6) is 0 Å². The summed E-state index contributed by atoms with van der Waals surface area (Å²) in [6.45, 7) is 3.47. The Kier molecular flexibility index (Phi) is 4.84. The summed E-state index contributed by atoms with van der Waals surface area (Å²) >= 11 is 0. The molecule has 0 bridgehead atoms. The Morgan fingerprint density at radius 3 is 2.76 bits per heavy atom. The Morgan fingerprint density at radius 2 is 2.00 bits per heavy atom. The van der Waals surface area contributed by atoms with Crippen molar-refractivity contribution >= 4 is 28.9 Å². The number of carboxylic acid groups (broad SMARTS) is 1. The second-order valence-corrected chi connectivity index (χ2v) is 7.29. The highest BCUT2D eigenvalue weighted by molar-refractivity contribution is 5.81. The minimum atomic E-state index is -1.07. The summed E-state index contributed by atoms with van der Waals surface area (Å²) < 4.78 is 24.9. The van der Waals surface area contributed by atoms with Crippen molar-refractivity contribution in [1.82, 2.24) is 19.5 Å². The van der Waals surface area contributed by atoms with E-state index in [9.17, 15) is 9.59 Å². The normalized spacial score (nSPS) is 27.8. The van der Waals surface area contributed by atoms with Crippen LogP contribution in [0.2, 0.25) is 0 Å². The summed E-state index contributed by atoms with van der Waals surface area (Å²) in [6, 6.07) is 0. The maximum Gasteiger partial charge on any atom is 0.306 e. The van der Waals surface area contributed by atoms with Crippen molar-refractivity contribution in [3.8, 4) is 0 Å². The number of nitrogens with zero attached hydrogens (tertiary/aromatic N) is 4. The van der Waals surface area contributed by atoms with Crippen LogP contribution in [-0.4, -0.2) is 67.3 Å². The van der Waals surface area contributed by atoms with Crippen LogP contribution < -0.4 is 5.73 Å². The molecule has 2 aliphatic heterocycles. The lowest BCUT2D eigenvalue weighted by Crippen LogP contribution is -2.33. The first-order valence-electron chi connectivity index (χ1n) is 9.07. The molecule has 0 radical (unpaired) electrons. The molecule has 0 spiro atoms. The van der Waals surface area contributed by atoms with E-state index < -0.39 is 42.3 Å². The van der Waals surface area contributed by atoms with Crippen LogP contribution in [0.1, 0.15) is 32.9 Å². The van der Waals surface area contributed by atoms with Crippen molar-refractivity contribution in [1.29, 1.82) is 0 Å². The molecule has 4 atom stereocenters. The molecule has 2 aromatic rings. The van der Waals surface area contributed by atoms with Gasteiger partial charge in [0.15, 0.2) is 23.5 Å². The number of hydrogen-bond acceptors (Lipinski definition) is 10. The zero-order chi connectivity index (χ0) is 20.8. The van der Waals surface area contributed by atoms with E-state index in [1.54, 1.807) is 18.4 Å². The number of anilines is 1. The summed E-state index contributed by atoms with van der Waals surface area (Å²) in [5.41, 5.74) is 6.77. The molecule has 0 saturated carbocycles. The van der Waals surface area contributed by atoms with E-state index in [1.165, 1.54) is 12.7 Å². The average molecular weight is 407 g/mol. The maximum absolute atomic E-state index is 11.8. The molecule has 12 nitrogen and oxygen atoms in total. The average Bonchev–Trinajstić information content (AvgIpc) is 3.30. The zero-order valence-electron chi connectivity index (χ0n) is 15.8. The Bertz CT molecular complexity index is 945. The van der Waals surface area contributed by atoms with Gasteiger partial charge in [-0.15, -0.1) is 0 Å². The molecule has 0 unspecified atom stereocenters. The molecule has 2 fully saturated rings. The summed E-state index contributed by atoms with van der Waals surface area (Å²) in [5, 5.41) is 8.67. The van der Waals surface area contributed by atoms with Crippen molar-refractivity contribution < 1.29 is 33.6 Å². The molecule has 12 heteroatoms. The second-order valence-electron chi connectivity index (χ2n) is 7.29. The highest BCUT2D eigenvalue weighted by atomic mass is 16.8. The molecule has 4 heterocycles. The molecule has 29 heavy (non-hydrogen) atoms. The smallest absolute Gasteiger partial charge is 0.306 e. The van der Waals surface area contributed by atoms with E-state index in [4.69, 9.17) is 29.8 Å².